The summed E-state index contributed by atoms with van der Waals surface area (Å²) in [6.45, 7) is 0. The topological polar surface area (TPSA) is 91.9 Å². The third kappa shape index (κ3) is 3.61. The lowest BCUT2D eigenvalue weighted by molar-refractivity contribution is 0.603. The second-order valence-electron chi connectivity index (χ2n) is 4.54. The summed E-state index contributed by atoms with van der Waals surface area (Å²) in [5.41, 5.74) is 0.608. The molecule has 9 heteroatoms. The molecule has 2 aromatic heterocycles. The predicted molar refractivity (Wildman–Crippen MR) is 90.4 cm³/mol. The number of sulfonamides is 1. The molecule has 2 heterocycles. The molecule has 118 valence electrons. The SMILES string of the molecule is O=c1ccc(-c2ccc(S(=O)(=O)Nc3ccc(Cl)cc3)s2)n[nH]1. The van der Waals surface area contributed by atoms with Crippen molar-refractivity contribution >= 4 is 38.6 Å². The zero-order valence-corrected chi connectivity index (χ0v) is 13.9. The van der Waals surface area contributed by atoms with E-state index in [1.807, 2.05) is 0 Å². The van der Waals surface area contributed by atoms with Crippen molar-refractivity contribution in [2.75, 3.05) is 4.72 Å². The number of aromatic nitrogens is 2. The van der Waals surface area contributed by atoms with Crippen LogP contribution in [0, 0.1) is 0 Å². The van der Waals surface area contributed by atoms with Crippen molar-refractivity contribution in [3.8, 4) is 10.6 Å². The van der Waals surface area contributed by atoms with Crippen molar-refractivity contribution in [1.29, 1.82) is 0 Å². The molecule has 23 heavy (non-hydrogen) atoms. The number of rotatable bonds is 4. The van der Waals surface area contributed by atoms with E-state index in [1.54, 1.807) is 30.3 Å². The Labute approximate surface area is 140 Å². The summed E-state index contributed by atoms with van der Waals surface area (Å²) < 4.78 is 27.4. The van der Waals surface area contributed by atoms with Gasteiger partial charge in [0.25, 0.3) is 15.6 Å². The van der Waals surface area contributed by atoms with Gasteiger partial charge >= 0.3 is 0 Å². The van der Waals surface area contributed by atoms with E-state index in [0.717, 1.165) is 11.3 Å². The zero-order valence-electron chi connectivity index (χ0n) is 11.5. The van der Waals surface area contributed by atoms with E-state index < -0.39 is 10.0 Å². The Bertz CT molecular complexity index is 974. The van der Waals surface area contributed by atoms with Crippen molar-refractivity contribution in [3.63, 3.8) is 0 Å². The highest BCUT2D eigenvalue weighted by Gasteiger charge is 2.18. The summed E-state index contributed by atoms with van der Waals surface area (Å²) in [5.74, 6) is 0. The highest BCUT2D eigenvalue weighted by atomic mass is 35.5. The van der Waals surface area contributed by atoms with Crippen molar-refractivity contribution in [2.24, 2.45) is 0 Å². The molecule has 1 aromatic carbocycles. The van der Waals surface area contributed by atoms with Gasteiger partial charge in [0.15, 0.2) is 0 Å². The average Bonchev–Trinajstić information content (AvgIpc) is 3.01. The summed E-state index contributed by atoms with van der Waals surface area (Å²) in [7, 11) is -3.70. The standard InChI is InChI=1S/C14H10ClN3O3S2/c15-9-1-3-10(4-2-9)18-23(20,21)14-8-6-12(22-14)11-5-7-13(19)17-16-11/h1-8,18H,(H,17,19). The number of anilines is 1. The Morgan fingerprint density at radius 2 is 1.78 bits per heavy atom. The van der Waals surface area contributed by atoms with Crippen molar-refractivity contribution in [2.45, 2.75) is 4.21 Å². The van der Waals surface area contributed by atoms with Gasteiger partial charge in [0.05, 0.1) is 4.88 Å². The van der Waals surface area contributed by atoms with Gasteiger partial charge in [-0.15, -0.1) is 11.3 Å². The van der Waals surface area contributed by atoms with Gasteiger partial charge in [0.1, 0.15) is 9.90 Å². The number of hydrogen-bond acceptors (Lipinski definition) is 5. The third-order valence-corrected chi connectivity index (χ3v) is 6.11. The van der Waals surface area contributed by atoms with Gasteiger partial charge in [-0.05, 0) is 42.5 Å². The highest BCUT2D eigenvalue weighted by molar-refractivity contribution is 7.94. The number of thiophene rings is 1. The maximum absolute atomic E-state index is 12.4. The van der Waals surface area contributed by atoms with E-state index in [4.69, 9.17) is 11.6 Å². The first-order valence-corrected chi connectivity index (χ1v) is 9.06. The molecule has 6 nitrogen and oxygen atoms in total. The Kier molecular flexibility index (Phi) is 4.20. The molecule has 0 saturated heterocycles. The van der Waals surface area contributed by atoms with Crippen molar-refractivity contribution < 1.29 is 8.42 Å². The summed E-state index contributed by atoms with van der Waals surface area (Å²) in [5, 5.41) is 6.72. The second kappa shape index (κ2) is 6.15. The molecule has 0 fully saturated rings. The van der Waals surface area contributed by atoms with E-state index in [0.29, 0.717) is 21.3 Å². The van der Waals surface area contributed by atoms with Crippen LogP contribution in [0.3, 0.4) is 0 Å². The minimum absolute atomic E-state index is 0.149. The van der Waals surface area contributed by atoms with Crippen LogP contribution in [-0.2, 0) is 10.0 Å². The molecule has 3 rings (SSSR count). The lowest BCUT2D eigenvalue weighted by atomic mass is 10.3. The molecular weight excluding hydrogens is 358 g/mol. The maximum Gasteiger partial charge on any atom is 0.271 e. The summed E-state index contributed by atoms with van der Waals surface area (Å²) in [4.78, 5) is 11.7. The fourth-order valence-electron chi connectivity index (χ4n) is 1.81. The summed E-state index contributed by atoms with van der Waals surface area (Å²) >= 11 is 6.83. The van der Waals surface area contributed by atoms with Crippen LogP contribution in [0.25, 0.3) is 10.6 Å². The molecule has 0 unspecified atom stereocenters. The van der Waals surface area contributed by atoms with Gasteiger partial charge in [0, 0.05) is 16.8 Å². The number of nitrogens with one attached hydrogen (secondary N) is 2. The summed E-state index contributed by atoms with van der Waals surface area (Å²) in [6.07, 6.45) is 0. The van der Waals surface area contributed by atoms with Crippen LogP contribution in [-0.4, -0.2) is 18.6 Å². The van der Waals surface area contributed by atoms with Gasteiger partial charge < -0.3 is 0 Å². The van der Waals surface area contributed by atoms with Gasteiger partial charge in [-0.1, -0.05) is 11.6 Å². The van der Waals surface area contributed by atoms with Gasteiger partial charge in [-0.25, -0.2) is 13.5 Å². The lowest BCUT2D eigenvalue weighted by Crippen LogP contribution is -2.11. The van der Waals surface area contributed by atoms with Gasteiger partial charge in [0.2, 0.25) is 0 Å². The van der Waals surface area contributed by atoms with E-state index in [2.05, 4.69) is 14.9 Å². The quantitative estimate of drug-likeness (QED) is 0.741. The molecule has 0 amide bonds. The van der Waals surface area contributed by atoms with Crippen LogP contribution >= 0.6 is 22.9 Å². The third-order valence-electron chi connectivity index (χ3n) is 2.87. The molecule has 2 N–H and O–H groups in total. The number of nitrogens with zero attached hydrogens (tertiary/aromatic N) is 1. The highest BCUT2D eigenvalue weighted by Crippen LogP contribution is 2.30. The normalized spacial score (nSPS) is 11.3. The van der Waals surface area contributed by atoms with Crippen LogP contribution in [0.2, 0.25) is 5.02 Å². The smallest absolute Gasteiger partial charge is 0.271 e. The predicted octanol–water partition coefficient (Wildman–Crippen LogP) is 2.95. The van der Waals surface area contributed by atoms with E-state index in [1.165, 1.54) is 18.2 Å². The molecule has 0 spiro atoms. The van der Waals surface area contributed by atoms with Crippen LogP contribution < -0.4 is 10.3 Å². The van der Waals surface area contributed by atoms with Crippen LogP contribution in [0.15, 0.2) is 57.5 Å². The second-order valence-corrected chi connectivity index (χ2v) is 7.97. The van der Waals surface area contributed by atoms with Gasteiger partial charge in [-0.2, -0.15) is 5.10 Å². The maximum atomic E-state index is 12.4. The monoisotopic (exact) mass is 367 g/mol. The first-order valence-electron chi connectivity index (χ1n) is 6.38. The molecular formula is C14H10ClN3O3S2. The van der Waals surface area contributed by atoms with Gasteiger partial charge in [-0.3, -0.25) is 9.52 Å². The number of aromatic amines is 1. The lowest BCUT2D eigenvalue weighted by Gasteiger charge is -2.05. The molecule has 0 radical (unpaired) electrons. The molecule has 3 aromatic rings. The number of hydrogen-bond donors (Lipinski definition) is 2. The van der Waals surface area contributed by atoms with Crippen LogP contribution in [0.5, 0.6) is 0 Å². The largest absolute Gasteiger partial charge is 0.279 e. The Morgan fingerprint density at radius 1 is 1.04 bits per heavy atom. The molecule has 0 saturated carbocycles. The molecule has 0 atom stereocenters. The number of H-pyrrole nitrogens is 1. The van der Waals surface area contributed by atoms with E-state index >= 15 is 0 Å². The first-order chi connectivity index (χ1) is 10.9. The molecule has 0 bridgehead atoms. The molecule has 0 aliphatic rings. The number of benzene rings is 1. The Hall–Kier alpha value is -2.16. The van der Waals surface area contributed by atoms with Crippen LogP contribution in [0.1, 0.15) is 0 Å². The Balaban J connectivity index is 1.87. The van der Waals surface area contributed by atoms with E-state index in [9.17, 15) is 13.2 Å². The van der Waals surface area contributed by atoms with Crippen molar-refractivity contribution in [3.05, 3.63) is 63.9 Å². The average molecular weight is 368 g/mol. The molecule has 0 aliphatic heterocycles. The fourth-order valence-corrected chi connectivity index (χ4v) is 4.27. The minimum Gasteiger partial charge on any atom is -0.279 e. The van der Waals surface area contributed by atoms with E-state index in [-0.39, 0.29) is 9.77 Å². The minimum atomic E-state index is -3.70. The van der Waals surface area contributed by atoms with Crippen molar-refractivity contribution in [1.82, 2.24) is 10.2 Å². The number of halogens is 1. The summed E-state index contributed by atoms with van der Waals surface area (Å²) in [6, 6.07) is 12.4. The molecule has 0 aliphatic carbocycles. The first kappa shape index (κ1) is 15.7. The van der Waals surface area contributed by atoms with Crippen LogP contribution in [0.4, 0.5) is 5.69 Å². The zero-order chi connectivity index (χ0) is 16.4. The Morgan fingerprint density at radius 3 is 2.43 bits per heavy atom. The fraction of sp³-hybridized carbons (Fsp3) is 0.